The van der Waals surface area contributed by atoms with E-state index in [2.05, 4.69) is 42.1 Å². The number of carbonyl (C=O) groups excluding carboxylic acids is 1. The number of aliphatic carboxylic acids is 1. The van der Waals surface area contributed by atoms with Gasteiger partial charge in [0.15, 0.2) is 5.82 Å². The standard InChI is InChI=1S/C31H31N3O3/c1-20-6-5-7-24(16-20)25-18-32-28(33-19-25)22-10-8-21(9-11-22)17-27(30(36)37)34-29(35)23-12-14-26(15-13-23)31(2,3)4/h5-16,18-19,27H,17H2,1-4H3,(H,34,35)(H,36,37)/t27-/m0/s1. The van der Waals surface area contributed by atoms with E-state index in [0.29, 0.717) is 11.4 Å². The number of rotatable bonds is 7. The van der Waals surface area contributed by atoms with Gasteiger partial charge in [-0.3, -0.25) is 4.79 Å². The van der Waals surface area contributed by atoms with Crippen LogP contribution in [0, 0.1) is 6.92 Å². The zero-order valence-corrected chi connectivity index (χ0v) is 21.5. The number of carboxylic acid groups (broad SMARTS) is 1. The minimum absolute atomic E-state index is 0.0289. The van der Waals surface area contributed by atoms with Crippen LogP contribution in [0.2, 0.25) is 0 Å². The first-order valence-electron chi connectivity index (χ1n) is 12.2. The van der Waals surface area contributed by atoms with Gasteiger partial charge in [-0.05, 0) is 41.2 Å². The molecule has 3 aromatic carbocycles. The molecule has 0 bridgehead atoms. The second-order valence-corrected chi connectivity index (χ2v) is 10.3. The van der Waals surface area contributed by atoms with Crippen LogP contribution in [0.1, 0.15) is 47.8 Å². The highest BCUT2D eigenvalue weighted by Gasteiger charge is 2.22. The molecule has 0 aliphatic heterocycles. The van der Waals surface area contributed by atoms with Gasteiger partial charge in [-0.1, -0.05) is 87.0 Å². The lowest BCUT2D eigenvalue weighted by Crippen LogP contribution is -2.42. The van der Waals surface area contributed by atoms with Crippen LogP contribution in [-0.2, 0) is 16.6 Å². The van der Waals surface area contributed by atoms with E-state index in [0.717, 1.165) is 27.8 Å². The molecular weight excluding hydrogens is 462 g/mol. The van der Waals surface area contributed by atoms with E-state index < -0.39 is 17.9 Å². The Hall–Kier alpha value is -4.32. The summed E-state index contributed by atoms with van der Waals surface area (Å²) >= 11 is 0. The predicted molar refractivity (Wildman–Crippen MR) is 145 cm³/mol. The molecule has 1 amide bonds. The first-order valence-corrected chi connectivity index (χ1v) is 12.2. The number of hydrogen-bond donors (Lipinski definition) is 2. The van der Waals surface area contributed by atoms with Gasteiger partial charge >= 0.3 is 5.97 Å². The van der Waals surface area contributed by atoms with E-state index >= 15 is 0 Å². The maximum atomic E-state index is 12.7. The molecule has 1 heterocycles. The smallest absolute Gasteiger partial charge is 0.326 e. The van der Waals surface area contributed by atoms with Crippen molar-refractivity contribution < 1.29 is 14.7 Å². The second kappa shape index (κ2) is 10.7. The van der Waals surface area contributed by atoms with Gasteiger partial charge in [0.2, 0.25) is 0 Å². The van der Waals surface area contributed by atoms with E-state index in [1.165, 1.54) is 5.56 Å². The maximum Gasteiger partial charge on any atom is 0.326 e. The molecule has 6 heteroatoms. The number of amides is 1. The number of carboxylic acids is 1. The van der Waals surface area contributed by atoms with Crippen LogP contribution in [-0.4, -0.2) is 33.0 Å². The Morgan fingerprint density at radius 3 is 2.08 bits per heavy atom. The zero-order valence-electron chi connectivity index (χ0n) is 21.5. The summed E-state index contributed by atoms with van der Waals surface area (Å²) in [6.45, 7) is 8.34. The molecule has 6 nitrogen and oxygen atoms in total. The van der Waals surface area contributed by atoms with Crippen LogP contribution in [0.5, 0.6) is 0 Å². The molecule has 0 aliphatic rings. The third kappa shape index (κ3) is 6.47. The summed E-state index contributed by atoms with van der Waals surface area (Å²) < 4.78 is 0. The molecule has 0 fully saturated rings. The van der Waals surface area contributed by atoms with Crippen LogP contribution in [0.15, 0.2) is 85.2 Å². The molecule has 4 aromatic rings. The molecule has 0 unspecified atom stereocenters. The molecule has 0 saturated heterocycles. The van der Waals surface area contributed by atoms with Gasteiger partial charge in [0.1, 0.15) is 6.04 Å². The number of hydrogen-bond acceptors (Lipinski definition) is 4. The van der Waals surface area contributed by atoms with Crippen LogP contribution >= 0.6 is 0 Å². The first-order chi connectivity index (χ1) is 17.6. The third-order valence-corrected chi connectivity index (χ3v) is 6.27. The van der Waals surface area contributed by atoms with Crippen molar-refractivity contribution in [1.82, 2.24) is 15.3 Å². The van der Waals surface area contributed by atoms with Crippen LogP contribution in [0.4, 0.5) is 0 Å². The van der Waals surface area contributed by atoms with Gasteiger partial charge in [-0.25, -0.2) is 14.8 Å². The molecule has 1 aromatic heterocycles. The molecule has 4 rings (SSSR count). The lowest BCUT2D eigenvalue weighted by atomic mass is 9.86. The minimum atomic E-state index is -1.08. The Kier molecular flexibility index (Phi) is 7.48. The number of benzene rings is 3. The van der Waals surface area contributed by atoms with Crippen LogP contribution in [0.25, 0.3) is 22.5 Å². The molecule has 0 saturated carbocycles. The van der Waals surface area contributed by atoms with Crippen molar-refractivity contribution in [3.63, 3.8) is 0 Å². The first kappa shape index (κ1) is 25.8. The van der Waals surface area contributed by atoms with Gasteiger partial charge in [0.05, 0.1) is 0 Å². The summed E-state index contributed by atoms with van der Waals surface area (Å²) in [6.07, 6.45) is 3.76. The van der Waals surface area contributed by atoms with E-state index in [9.17, 15) is 14.7 Å². The second-order valence-electron chi connectivity index (χ2n) is 10.3. The number of aryl methyl sites for hydroxylation is 1. The van der Waals surface area contributed by atoms with Crippen molar-refractivity contribution in [2.75, 3.05) is 0 Å². The van der Waals surface area contributed by atoms with Crippen LogP contribution < -0.4 is 5.32 Å². The summed E-state index contributed by atoms with van der Waals surface area (Å²) in [5.41, 5.74) is 6.30. The van der Waals surface area contributed by atoms with Crippen molar-refractivity contribution in [2.45, 2.75) is 45.6 Å². The average Bonchev–Trinajstić information content (AvgIpc) is 2.88. The Labute approximate surface area is 217 Å². The largest absolute Gasteiger partial charge is 0.480 e. The third-order valence-electron chi connectivity index (χ3n) is 6.27. The van der Waals surface area contributed by atoms with Crippen molar-refractivity contribution in [2.24, 2.45) is 0 Å². The van der Waals surface area contributed by atoms with E-state index in [-0.39, 0.29) is 11.8 Å². The number of carbonyl (C=O) groups is 2. The van der Waals surface area contributed by atoms with Gasteiger partial charge in [-0.15, -0.1) is 0 Å². The average molecular weight is 494 g/mol. The molecule has 0 spiro atoms. The highest BCUT2D eigenvalue weighted by molar-refractivity contribution is 5.96. The molecule has 0 radical (unpaired) electrons. The molecule has 2 N–H and O–H groups in total. The van der Waals surface area contributed by atoms with Crippen molar-refractivity contribution >= 4 is 11.9 Å². The lowest BCUT2D eigenvalue weighted by Gasteiger charge is -2.19. The summed E-state index contributed by atoms with van der Waals surface area (Å²) in [5, 5.41) is 12.4. The van der Waals surface area contributed by atoms with Crippen molar-refractivity contribution in [1.29, 1.82) is 0 Å². The minimum Gasteiger partial charge on any atom is -0.480 e. The fourth-order valence-electron chi connectivity index (χ4n) is 4.04. The fourth-order valence-corrected chi connectivity index (χ4v) is 4.04. The monoisotopic (exact) mass is 493 g/mol. The van der Waals surface area contributed by atoms with Crippen LogP contribution in [0.3, 0.4) is 0 Å². The Morgan fingerprint density at radius 1 is 0.865 bits per heavy atom. The number of nitrogens with one attached hydrogen (secondary N) is 1. The van der Waals surface area contributed by atoms with Gasteiger partial charge in [0.25, 0.3) is 5.91 Å². The van der Waals surface area contributed by atoms with Crippen molar-refractivity contribution in [3.8, 4) is 22.5 Å². The SMILES string of the molecule is Cc1cccc(-c2cnc(-c3ccc(C[C@H](NC(=O)c4ccc(C(C)(C)C)cc4)C(=O)O)cc3)nc2)c1. The van der Waals surface area contributed by atoms with E-state index in [1.807, 2.05) is 61.5 Å². The number of nitrogens with zero attached hydrogens (tertiary/aromatic N) is 2. The zero-order chi connectivity index (χ0) is 26.6. The fraction of sp³-hybridized carbons (Fsp3) is 0.226. The summed E-state index contributed by atoms with van der Waals surface area (Å²) in [6, 6.07) is 21.8. The molecule has 37 heavy (non-hydrogen) atoms. The van der Waals surface area contributed by atoms with Gasteiger partial charge in [-0.2, -0.15) is 0 Å². The highest BCUT2D eigenvalue weighted by Crippen LogP contribution is 2.23. The summed E-state index contributed by atoms with van der Waals surface area (Å²) in [7, 11) is 0. The Morgan fingerprint density at radius 2 is 1.51 bits per heavy atom. The Bertz CT molecular complexity index is 1390. The molecular formula is C31H31N3O3. The van der Waals surface area contributed by atoms with Gasteiger partial charge < -0.3 is 10.4 Å². The summed E-state index contributed by atoms with van der Waals surface area (Å²) in [5.74, 6) is -0.907. The molecule has 188 valence electrons. The van der Waals surface area contributed by atoms with Gasteiger partial charge in [0, 0.05) is 35.5 Å². The Balaban J connectivity index is 1.42. The molecule has 1 atom stereocenters. The highest BCUT2D eigenvalue weighted by atomic mass is 16.4. The predicted octanol–water partition coefficient (Wildman–Crippen LogP) is 5.84. The van der Waals surface area contributed by atoms with Crippen molar-refractivity contribution in [3.05, 3.63) is 107 Å². The van der Waals surface area contributed by atoms with E-state index in [4.69, 9.17) is 0 Å². The quantitative estimate of drug-likeness (QED) is 0.337. The number of aromatic nitrogens is 2. The normalized spacial score (nSPS) is 12.1. The lowest BCUT2D eigenvalue weighted by molar-refractivity contribution is -0.139. The maximum absolute atomic E-state index is 12.7. The van der Waals surface area contributed by atoms with E-state index in [1.54, 1.807) is 24.5 Å². The topological polar surface area (TPSA) is 92.2 Å². The summed E-state index contributed by atoms with van der Waals surface area (Å²) in [4.78, 5) is 33.6. The molecule has 0 aliphatic carbocycles.